The molecule has 1 amide bonds. The van der Waals surface area contributed by atoms with Crippen LogP contribution >= 0.6 is 0 Å². The van der Waals surface area contributed by atoms with Crippen LogP contribution in [0.4, 0.5) is 18.9 Å². The number of nitrogens with zero attached hydrogens (tertiary/aromatic N) is 2. The molecule has 0 saturated carbocycles. The molecule has 8 heteroatoms. The second-order valence-electron chi connectivity index (χ2n) is 7.23. The van der Waals surface area contributed by atoms with Crippen LogP contribution in [0, 0.1) is 0 Å². The Morgan fingerprint density at radius 1 is 1.24 bits per heavy atom. The third-order valence-corrected chi connectivity index (χ3v) is 4.93. The van der Waals surface area contributed by atoms with Crippen molar-refractivity contribution in [3.8, 4) is 5.88 Å². The van der Waals surface area contributed by atoms with Crippen LogP contribution in [0.3, 0.4) is 0 Å². The lowest BCUT2D eigenvalue weighted by molar-refractivity contribution is -0.154. The Hall–Kier alpha value is -2.61. The van der Waals surface area contributed by atoms with Gasteiger partial charge in [-0.1, -0.05) is 18.6 Å². The Kier molecular flexibility index (Phi) is 6.74. The van der Waals surface area contributed by atoms with E-state index in [0.29, 0.717) is 11.7 Å². The Bertz CT molecular complexity index is 825. The van der Waals surface area contributed by atoms with Gasteiger partial charge in [0.1, 0.15) is 5.56 Å². The van der Waals surface area contributed by atoms with Crippen LogP contribution in [0.2, 0.25) is 0 Å². The van der Waals surface area contributed by atoms with E-state index in [0.717, 1.165) is 18.7 Å². The number of halogens is 3. The maximum absolute atomic E-state index is 12.5. The maximum Gasteiger partial charge on any atom is 0.422 e. The number of likely N-dealkylation sites (tertiary alicyclic amines) is 1. The molecule has 0 aliphatic carbocycles. The van der Waals surface area contributed by atoms with Gasteiger partial charge in [0.2, 0.25) is 5.88 Å². The van der Waals surface area contributed by atoms with Crippen LogP contribution in [-0.2, 0) is 6.54 Å². The summed E-state index contributed by atoms with van der Waals surface area (Å²) < 4.78 is 41.9. The lowest BCUT2D eigenvalue weighted by Crippen LogP contribution is -2.36. The Balaban J connectivity index is 1.62. The molecule has 5 nitrogen and oxygen atoms in total. The second kappa shape index (κ2) is 9.26. The third-order valence-electron chi connectivity index (χ3n) is 4.93. The monoisotopic (exact) mass is 407 g/mol. The Morgan fingerprint density at radius 2 is 2.00 bits per heavy atom. The largest absolute Gasteiger partial charge is 0.467 e. The molecule has 29 heavy (non-hydrogen) atoms. The summed E-state index contributed by atoms with van der Waals surface area (Å²) in [5, 5.41) is 2.68. The van der Waals surface area contributed by atoms with Crippen molar-refractivity contribution in [2.24, 2.45) is 0 Å². The third kappa shape index (κ3) is 6.19. The summed E-state index contributed by atoms with van der Waals surface area (Å²) >= 11 is 0. The predicted octanol–water partition coefficient (Wildman–Crippen LogP) is 4.65. The molecule has 2 heterocycles. The minimum absolute atomic E-state index is 0.0528. The number of alkyl halides is 3. The number of hydrogen-bond donors (Lipinski definition) is 1. The van der Waals surface area contributed by atoms with E-state index < -0.39 is 18.7 Å². The molecule has 1 fully saturated rings. The number of carbonyl (C=O) groups is 1. The summed E-state index contributed by atoms with van der Waals surface area (Å²) in [6.45, 7) is 2.67. The van der Waals surface area contributed by atoms with Gasteiger partial charge in [0.05, 0.1) is 0 Å². The van der Waals surface area contributed by atoms with Crippen molar-refractivity contribution >= 4 is 11.6 Å². The highest BCUT2D eigenvalue weighted by molar-refractivity contribution is 6.05. The molecule has 156 valence electrons. The van der Waals surface area contributed by atoms with E-state index in [4.69, 9.17) is 0 Å². The molecule has 0 spiro atoms. The Labute approximate surface area is 167 Å². The lowest BCUT2D eigenvalue weighted by atomic mass is 10.0. The summed E-state index contributed by atoms with van der Waals surface area (Å²) in [7, 11) is 0. The summed E-state index contributed by atoms with van der Waals surface area (Å²) in [6, 6.07) is 10.9. The van der Waals surface area contributed by atoms with Crippen LogP contribution in [0.15, 0.2) is 42.6 Å². The first-order chi connectivity index (χ1) is 13.8. The van der Waals surface area contributed by atoms with Crippen LogP contribution < -0.4 is 10.1 Å². The van der Waals surface area contributed by atoms with Gasteiger partial charge in [-0.25, -0.2) is 4.98 Å². The average molecular weight is 407 g/mol. The number of amides is 1. The van der Waals surface area contributed by atoms with Gasteiger partial charge in [-0.3, -0.25) is 9.69 Å². The van der Waals surface area contributed by atoms with Crippen molar-refractivity contribution in [3.63, 3.8) is 0 Å². The average Bonchev–Trinajstić information content (AvgIpc) is 2.69. The number of ether oxygens (including phenoxy) is 1. The zero-order chi connectivity index (χ0) is 20.9. The smallest absolute Gasteiger partial charge is 0.422 e. The summed E-state index contributed by atoms with van der Waals surface area (Å²) in [6.07, 6.45) is 0.456. The molecule has 1 saturated heterocycles. The van der Waals surface area contributed by atoms with Crippen molar-refractivity contribution in [1.82, 2.24) is 9.88 Å². The first kappa shape index (κ1) is 21.1. The molecule has 3 rings (SSSR count). The second-order valence-corrected chi connectivity index (χ2v) is 7.23. The van der Waals surface area contributed by atoms with Crippen LogP contribution in [0.5, 0.6) is 5.88 Å². The molecule has 1 aliphatic heterocycles. The van der Waals surface area contributed by atoms with Crippen molar-refractivity contribution in [3.05, 3.63) is 53.7 Å². The first-order valence-corrected chi connectivity index (χ1v) is 9.61. The number of hydrogen-bond acceptors (Lipinski definition) is 4. The summed E-state index contributed by atoms with van der Waals surface area (Å²) in [5.41, 5.74) is 1.64. The fraction of sp³-hybridized carbons (Fsp3) is 0.429. The zero-order valence-electron chi connectivity index (χ0n) is 16.2. The van der Waals surface area contributed by atoms with Crippen LogP contribution in [0.1, 0.15) is 42.1 Å². The molecule has 2 aromatic rings. The van der Waals surface area contributed by atoms with Crippen molar-refractivity contribution < 1.29 is 22.7 Å². The predicted molar refractivity (Wildman–Crippen MR) is 104 cm³/mol. The van der Waals surface area contributed by atoms with Gasteiger partial charge in [-0.15, -0.1) is 0 Å². The summed E-state index contributed by atoms with van der Waals surface area (Å²) in [4.78, 5) is 18.7. The van der Waals surface area contributed by atoms with E-state index in [-0.39, 0.29) is 11.4 Å². The van der Waals surface area contributed by atoms with Crippen LogP contribution in [-0.4, -0.2) is 41.2 Å². The van der Waals surface area contributed by atoms with E-state index in [9.17, 15) is 18.0 Å². The van der Waals surface area contributed by atoms with Crippen molar-refractivity contribution in [2.75, 3.05) is 18.5 Å². The van der Waals surface area contributed by atoms with Crippen LogP contribution in [0.25, 0.3) is 0 Å². The normalized spacial score (nSPS) is 17.7. The first-order valence-electron chi connectivity index (χ1n) is 9.61. The molecule has 0 bridgehead atoms. The van der Waals surface area contributed by atoms with E-state index in [1.165, 1.54) is 37.6 Å². The minimum Gasteiger partial charge on any atom is -0.467 e. The highest BCUT2D eigenvalue weighted by Crippen LogP contribution is 2.22. The quantitative estimate of drug-likeness (QED) is 0.757. The van der Waals surface area contributed by atoms with Gasteiger partial charge in [0, 0.05) is 24.5 Å². The molecular weight excluding hydrogens is 383 g/mol. The number of carbonyl (C=O) groups excluding carboxylic acids is 1. The molecular formula is C21H24F3N3O2. The topological polar surface area (TPSA) is 54.5 Å². The van der Waals surface area contributed by atoms with Gasteiger partial charge in [0.15, 0.2) is 6.61 Å². The van der Waals surface area contributed by atoms with E-state index >= 15 is 0 Å². The molecule has 1 aromatic heterocycles. The fourth-order valence-corrected chi connectivity index (χ4v) is 3.35. The number of rotatable bonds is 6. The van der Waals surface area contributed by atoms with E-state index in [2.05, 4.69) is 26.9 Å². The molecule has 1 N–H and O–H groups in total. The van der Waals surface area contributed by atoms with Gasteiger partial charge in [0.25, 0.3) is 5.91 Å². The SMILES string of the molecule is CC1CCCCN1Cc1ccc(NC(=O)c2cccnc2OCC(F)(F)F)cc1. The van der Waals surface area contributed by atoms with Crippen molar-refractivity contribution in [1.29, 1.82) is 0 Å². The molecule has 0 radical (unpaired) electrons. The number of benzene rings is 1. The number of anilines is 1. The zero-order valence-corrected chi connectivity index (χ0v) is 16.2. The van der Waals surface area contributed by atoms with E-state index in [1.807, 2.05) is 12.1 Å². The number of aromatic nitrogens is 1. The van der Waals surface area contributed by atoms with Gasteiger partial charge >= 0.3 is 6.18 Å². The van der Waals surface area contributed by atoms with Gasteiger partial charge in [-0.05, 0) is 56.1 Å². The lowest BCUT2D eigenvalue weighted by Gasteiger charge is -2.33. The number of nitrogens with one attached hydrogen (secondary N) is 1. The molecule has 1 aromatic carbocycles. The number of pyridine rings is 1. The number of piperidine rings is 1. The van der Waals surface area contributed by atoms with Crippen molar-refractivity contribution in [2.45, 2.75) is 44.9 Å². The van der Waals surface area contributed by atoms with E-state index in [1.54, 1.807) is 12.1 Å². The standard InChI is InChI=1S/C21H24F3N3O2/c1-15-5-2-3-12-27(15)13-16-7-9-17(10-8-16)26-19(28)18-6-4-11-25-20(18)29-14-21(22,23)24/h4,6-11,15H,2-3,5,12-14H2,1H3,(H,26,28). The van der Waals surface area contributed by atoms with Gasteiger partial charge in [-0.2, -0.15) is 13.2 Å². The fourth-order valence-electron chi connectivity index (χ4n) is 3.35. The highest BCUT2D eigenvalue weighted by atomic mass is 19.4. The Morgan fingerprint density at radius 3 is 2.69 bits per heavy atom. The van der Waals surface area contributed by atoms with Gasteiger partial charge < -0.3 is 10.1 Å². The molecule has 1 unspecified atom stereocenters. The molecule has 1 aliphatic rings. The minimum atomic E-state index is -4.51. The summed E-state index contributed by atoms with van der Waals surface area (Å²) in [5.74, 6) is -0.925. The maximum atomic E-state index is 12.5. The highest BCUT2D eigenvalue weighted by Gasteiger charge is 2.29. The molecule has 1 atom stereocenters.